The monoisotopic (exact) mass is 326 g/mol. The van der Waals surface area contributed by atoms with E-state index in [-0.39, 0.29) is 10.9 Å². The van der Waals surface area contributed by atoms with Crippen molar-refractivity contribution in [3.63, 3.8) is 0 Å². The number of nitro benzene ring substituents is 1. The van der Waals surface area contributed by atoms with E-state index in [9.17, 15) is 23.7 Å². The molecule has 6 nitrogen and oxygen atoms in total. The van der Waals surface area contributed by atoms with Gasteiger partial charge in [-0.3, -0.25) is 10.1 Å². The minimum Gasteiger partial charge on any atom is -0.443 e. The molecule has 2 rings (SSSR count). The third kappa shape index (κ3) is 3.15. The Kier molecular flexibility index (Phi) is 4.10. The van der Waals surface area contributed by atoms with E-state index in [1.54, 1.807) is 27.7 Å². The van der Waals surface area contributed by atoms with Crippen LogP contribution in [0.3, 0.4) is 0 Å². The van der Waals surface area contributed by atoms with Crippen molar-refractivity contribution in [2.24, 2.45) is 0 Å². The smallest absolute Gasteiger partial charge is 0.419 e. The van der Waals surface area contributed by atoms with Gasteiger partial charge >= 0.3 is 6.09 Å². The number of aryl methyl sites for hydroxylation is 1. The van der Waals surface area contributed by atoms with Gasteiger partial charge in [0.25, 0.3) is 12.1 Å². The van der Waals surface area contributed by atoms with Gasteiger partial charge in [0.15, 0.2) is 0 Å². The number of halogens is 2. The molecule has 2 aromatic rings. The Morgan fingerprint density at radius 3 is 2.43 bits per heavy atom. The maximum absolute atomic E-state index is 13.3. The van der Waals surface area contributed by atoms with E-state index < -0.39 is 34.3 Å². The molecule has 1 heterocycles. The summed E-state index contributed by atoms with van der Waals surface area (Å²) in [5.74, 6) is 0. The number of non-ortho nitro benzene ring substituents is 1. The highest BCUT2D eigenvalue weighted by atomic mass is 19.3. The molecule has 1 aromatic carbocycles. The molecule has 0 aliphatic rings. The number of fused-ring (bicyclic) bond motifs is 1. The summed E-state index contributed by atoms with van der Waals surface area (Å²) in [6.07, 6.45) is -2.91. The molecule has 0 spiro atoms. The molecule has 0 saturated carbocycles. The standard InChI is InChI=1S/C15H16F2N2O4/c1-8-5-6-10(19(21)22)12-11(8)9(13(16)17)7-18(12)14(20)23-15(2,3)4/h5-7,13H,1-4H3. The molecule has 0 amide bonds. The van der Waals surface area contributed by atoms with Crippen LogP contribution in [0.15, 0.2) is 18.3 Å². The number of ether oxygens (including phenoxy) is 1. The van der Waals surface area contributed by atoms with Crippen LogP contribution in [0.25, 0.3) is 10.9 Å². The van der Waals surface area contributed by atoms with Gasteiger partial charge in [-0.25, -0.2) is 18.1 Å². The van der Waals surface area contributed by atoms with Crippen molar-refractivity contribution in [3.8, 4) is 0 Å². The molecule has 0 saturated heterocycles. The molecule has 23 heavy (non-hydrogen) atoms. The van der Waals surface area contributed by atoms with Crippen molar-refractivity contribution in [3.05, 3.63) is 39.6 Å². The zero-order valence-electron chi connectivity index (χ0n) is 13.1. The third-order valence-electron chi connectivity index (χ3n) is 3.18. The number of carbonyl (C=O) groups excluding carboxylic acids is 1. The van der Waals surface area contributed by atoms with E-state index in [4.69, 9.17) is 4.74 Å². The minimum atomic E-state index is -2.87. The fourth-order valence-electron chi connectivity index (χ4n) is 2.33. The van der Waals surface area contributed by atoms with Gasteiger partial charge in [-0.1, -0.05) is 6.07 Å². The number of aromatic nitrogens is 1. The van der Waals surface area contributed by atoms with Gasteiger partial charge in [0.05, 0.1) is 4.92 Å². The summed E-state index contributed by atoms with van der Waals surface area (Å²) in [6.45, 7) is 6.40. The van der Waals surface area contributed by atoms with E-state index in [2.05, 4.69) is 0 Å². The Labute approximate surface area is 130 Å². The lowest BCUT2D eigenvalue weighted by Gasteiger charge is -2.19. The fraction of sp³-hybridized carbons (Fsp3) is 0.400. The Bertz CT molecular complexity index is 791. The normalized spacial score (nSPS) is 12.0. The lowest BCUT2D eigenvalue weighted by molar-refractivity contribution is -0.383. The number of hydrogen-bond acceptors (Lipinski definition) is 4. The van der Waals surface area contributed by atoms with Crippen LogP contribution in [-0.4, -0.2) is 21.2 Å². The largest absolute Gasteiger partial charge is 0.443 e. The highest BCUT2D eigenvalue weighted by Gasteiger charge is 2.29. The third-order valence-corrected chi connectivity index (χ3v) is 3.18. The number of hydrogen-bond donors (Lipinski definition) is 0. The van der Waals surface area contributed by atoms with Crippen molar-refractivity contribution in [2.45, 2.75) is 39.7 Å². The molecule has 1 aromatic heterocycles. The number of carbonyl (C=O) groups is 1. The second-order valence-electron chi connectivity index (χ2n) is 6.12. The minimum absolute atomic E-state index is 0.0000548. The van der Waals surface area contributed by atoms with Crippen LogP contribution in [0.5, 0.6) is 0 Å². The van der Waals surface area contributed by atoms with Crippen molar-refractivity contribution in [2.75, 3.05) is 0 Å². The van der Waals surface area contributed by atoms with Crippen LogP contribution in [-0.2, 0) is 4.74 Å². The summed E-state index contributed by atoms with van der Waals surface area (Å²) in [5.41, 5.74) is -1.49. The lowest BCUT2D eigenvalue weighted by Crippen LogP contribution is -2.26. The van der Waals surface area contributed by atoms with Crippen LogP contribution >= 0.6 is 0 Å². The molecule has 0 unspecified atom stereocenters. The van der Waals surface area contributed by atoms with Gasteiger partial charge in [-0.2, -0.15) is 0 Å². The van der Waals surface area contributed by atoms with Crippen molar-refractivity contribution in [1.29, 1.82) is 0 Å². The zero-order valence-corrected chi connectivity index (χ0v) is 13.1. The van der Waals surface area contributed by atoms with Gasteiger partial charge in [0.1, 0.15) is 11.1 Å². The predicted octanol–water partition coefficient (Wildman–Crippen LogP) is 4.58. The second kappa shape index (κ2) is 5.60. The maximum atomic E-state index is 13.3. The summed E-state index contributed by atoms with van der Waals surface area (Å²) in [5, 5.41) is 11.2. The van der Waals surface area contributed by atoms with Crippen LogP contribution in [0.1, 0.15) is 38.3 Å². The number of rotatable bonds is 2. The first-order chi connectivity index (χ1) is 10.5. The quantitative estimate of drug-likeness (QED) is 0.598. The Hall–Kier alpha value is -2.51. The summed E-state index contributed by atoms with van der Waals surface area (Å²) in [4.78, 5) is 22.8. The first-order valence-electron chi connectivity index (χ1n) is 6.83. The van der Waals surface area contributed by atoms with Gasteiger partial charge in [0, 0.05) is 23.2 Å². The summed E-state index contributed by atoms with van der Waals surface area (Å²) >= 11 is 0. The van der Waals surface area contributed by atoms with Crippen LogP contribution in [0.4, 0.5) is 19.3 Å². The van der Waals surface area contributed by atoms with Gasteiger partial charge in [-0.15, -0.1) is 0 Å². The molecule has 0 bridgehead atoms. The van der Waals surface area contributed by atoms with E-state index in [0.29, 0.717) is 5.56 Å². The fourth-order valence-corrected chi connectivity index (χ4v) is 2.33. The predicted molar refractivity (Wildman–Crippen MR) is 79.9 cm³/mol. The van der Waals surface area contributed by atoms with E-state index in [1.807, 2.05) is 0 Å². The second-order valence-corrected chi connectivity index (χ2v) is 6.12. The molecule has 0 N–H and O–H groups in total. The number of alkyl halides is 2. The number of nitro groups is 1. The molecule has 0 radical (unpaired) electrons. The Balaban J connectivity index is 2.81. The average Bonchev–Trinajstić information content (AvgIpc) is 2.78. The Morgan fingerprint density at radius 2 is 1.96 bits per heavy atom. The number of nitrogens with zero attached hydrogens (tertiary/aromatic N) is 2. The molecule has 8 heteroatoms. The maximum Gasteiger partial charge on any atom is 0.419 e. The topological polar surface area (TPSA) is 74.4 Å². The van der Waals surface area contributed by atoms with Crippen LogP contribution in [0.2, 0.25) is 0 Å². The average molecular weight is 326 g/mol. The number of benzene rings is 1. The lowest BCUT2D eigenvalue weighted by atomic mass is 10.1. The summed E-state index contributed by atoms with van der Waals surface area (Å²) in [7, 11) is 0. The molecule has 0 atom stereocenters. The summed E-state index contributed by atoms with van der Waals surface area (Å²) < 4.78 is 32.5. The highest BCUT2D eigenvalue weighted by Crippen LogP contribution is 2.37. The molecule has 124 valence electrons. The van der Waals surface area contributed by atoms with E-state index in [0.717, 1.165) is 10.8 Å². The van der Waals surface area contributed by atoms with Crippen LogP contribution in [0, 0.1) is 17.0 Å². The molecule has 0 fully saturated rings. The van der Waals surface area contributed by atoms with E-state index in [1.165, 1.54) is 12.1 Å². The molecular formula is C15H16F2N2O4. The van der Waals surface area contributed by atoms with Crippen molar-refractivity contribution >= 4 is 22.7 Å². The first-order valence-corrected chi connectivity index (χ1v) is 6.83. The van der Waals surface area contributed by atoms with Crippen LogP contribution < -0.4 is 0 Å². The first kappa shape index (κ1) is 16.9. The SMILES string of the molecule is Cc1ccc([N+](=O)[O-])c2c1c(C(F)F)cn2C(=O)OC(C)(C)C. The van der Waals surface area contributed by atoms with Gasteiger partial charge in [-0.05, 0) is 33.3 Å². The molecule has 0 aliphatic heterocycles. The molecular weight excluding hydrogens is 310 g/mol. The zero-order chi connectivity index (χ0) is 17.5. The van der Waals surface area contributed by atoms with Gasteiger partial charge < -0.3 is 4.74 Å². The van der Waals surface area contributed by atoms with Gasteiger partial charge in [0.2, 0.25) is 0 Å². The Morgan fingerprint density at radius 1 is 1.35 bits per heavy atom. The molecule has 0 aliphatic carbocycles. The van der Waals surface area contributed by atoms with E-state index >= 15 is 0 Å². The summed E-state index contributed by atoms with van der Waals surface area (Å²) in [6, 6.07) is 2.57. The highest BCUT2D eigenvalue weighted by molar-refractivity contribution is 5.99. The van der Waals surface area contributed by atoms with Crippen molar-refractivity contribution < 1.29 is 23.2 Å². The van der Waals surface area contributed by atoms with Crippen molar-refractivity contribution in [1.82, 2.24) is 4.57 Å².